The van der Waals surface area contributed by atoms with E-state index in [1.165, 1.54) is 0 Å². The van der Waals surface area contributed by atoms with Gasteiger partial charge in [0.15, 0.2) is 5.78 Å². The van der Waals surface area contributed by atoms with Crippen LogP contribution in [0, 0.1) is 0 Å². The molecule has 0 saturated carbocycles. The number of alkyl halides is 1. The Labute approximate surface area is 102 Å². The molecule has 4 heteroatoms. The predicted molar refractivity (Wildman–Crippen MR) is 63.2 cm³/mol. The molecule has 0 spiro atoms. The molecule has 1 aliphatic rings. The fourth-order valence-corrected chi connectivity index (χ4v) is 2.61. The third-order valence-corrected chi connectivity index (χ3v) is 3.72. The third-order valence-electron chi connectivity index (χ3n) is 2.98. The molecule has 1 aliphatic carbocycles. The first-order chi connectivity index (χ1) is 7.52. The van der Waals surface area contributed by atoms with E-state index >= 15 is 0 Å². The molecular formula is C12H11BrO3. The van der Waals surface area contributed by atoms with Gasteiger partial charge in [-0.1, -0.05) is 34.1 Å². The van der Waals surface area contributed by atoms with Gasteiger partial charge in [-0.2, -0.15) is 0 Å². The lowest BCUT2D eigenvalue weighted by Gasteiger charge is -2.11. The van der Waals surface area contributed by atoms with Gasteiger partial charge in [0.1, 0.15) is 0 Å². The summed E-state index contributed by atoms with van der Waals surface area (Å²) in [4.78, 5) is 22.5. The second-order valence-electron chi connectivity index (χ2n) is 3.97. The fraction of sp³-hybridized carbons (Fsp3) is 0.333. The first-order valence-corrected chi connectivity index (χ1v) is 5.96. The lowest BCUT2D eigenvalue weighted by atomic mass is 9.93. The smallest absolute Gasteiger partial charge is 0.310 e. The highest BCUT2D eigenvalue weighted by Gasteiger charge is 2.32. The van der Waals surface area contributed by atoms with Gasteiger partial charge in [0, 0.05) is 5.56 Å². The molecule has 0 bridgehead atoms. The summed E-state index contributed by atoms with van der Waals surface area (Å²) in [5.41, 5.74) is 2.29. The minimum Gasteiger partial charge on any atom is -0.481 e. The molecule has 0 saturated heterocycles. The maximum absolute atomic E-state index is 11.7. The van der Waals surface area contributed by atoms with E-state index < -0.39 is 11.9 Å². The van der Waals surface area contributed by atoms with Gasteiger partial charge >= 0.3 is 5.97 Å². The van der Waals surface area contributed by atoms with Crippen molar-refractivity contribution in [3.8, 4) is 0 Å². The van der Waals surface area contributed by atoms with Crippen molar-refractivity contribution < 1.29 is 14.7 Å². The van der Waals surface area contributed by atoms with E-state index in [1.807, 2.05) is 0 Å². The minimum absolute atomic E-state index is 0.0504. The molecule has 0 aliphatic heterocycles. The molecule has 84 valence electrons. The number of hydrogen-bond donors (Lipinski definition) is 1. The number of halogens is 1. The number of rotatable bonds is 2. The fourth-order valence-electron chi connectivity index (χ4n) is 2.04. The summed E-state index contributed by atoms with van der Waals surface area (Å²) in [6, 6.07) is 5.30. The van der Waals surface area contributed by atoms with Gasteiger partial charge in [-0.05, 0) is 24.5 Å². The van der Waals surface area contributed by atoms with Crippen molar-refractivity contribution in [2.75, 3.05) is 0 Å². The molecule has 1 N–H and O–H groups in total. The molecule has 2 atom stereocenters. The van der Waals surface area contributed by atoms with Gasteiger partial charge in [-0.3, -0.25) is 9.59 Å². The second-order valence-corrected chi connectivity index (χ2v) is 5.07. The van der Waals surface area contributed by atoms with Crippen LogP contribution < -0.4 is 0 Å². The number of carbonyl (C=O) groups is 2. The summed E-state index contributed by atoms with van der Waals surface area (Å²) in [6.07, 6.45) is 0.585. The molecule has 1 aromatic rings. The molecule has 2 unspecified atom stereocenters. The Kier molecular flexibility index (Phi) is 2.84. The number of carbonyl (C=O) groups excluding carboxylic acids is 1. The minimum atomic E-state index is -0.862. The number of benzene rings is 1. The standard InChI is InChI=1S/C12H11BrO3/c1-6(12(15)16)7-3-2-4-8-9(7)5-10(13)11(8)14/h2-4,6,10H,5H2,1H3,(H,15,16). The van der Waals surface area contributed by atoms with E-state index in [9.17, 15) is 9.59 Å². The Balaban J connectivity index is 2.52. The highest BCUT2D eigenvalue weighted by molar-refractivity contribution is 9.10. The maximum Gasteiger partial charge on any atom is 0.310 e. The van der Waals surface area contributed by atoms with Gasteiger partial charge in [0.2, 0.25) is 0 Å². The highest BCUT2D eigenvalue weighted by Crippen LogP contribution is 2.32. The number of carboxylic acid groups (broad SMARTS) is 1. The van der Waals surface area contributed by atoms with Crippen molar-refractivity contribution in [3.63, 3.8) is 0 Å². The average molecular weight is 283 g/mol. The van der Waals surface area contributed by atoms with Crippen LogP contribution in [0.2, 0.25) is 0 Å². The molecule has 1 aromatic carbocycles. The van der Waals surface area contributed by atoms with Crippen LogP contribution in [0.3, 0.4) is 0 Å². The summed E-state index contributed by atoms with van der Waals surface area (Å²) in [6.45, 7) is 1.64. The van der Waals surface area contributed by atoms with Gasteiger partial charge in [-0.25, -0.2) is 0 Å². The summed E-state index contributed by atoms with van der Waals surface area (Å²) < 4.78 is 0. The lowest BCUT2D eigenvalue weighted by Crippen LogP contribution is -2.10. The van der Waals surface area contributed by atoms with E-state index in [-0.39, 0.29) is 10.6 Å². The van der Waals surface area contributed by atoms with Crippen LogP contribution >= 0.6 is 15.9 Å². The zero-order valence-corrected chi connectivity index (χ0v) is 10.3. The Bertz CT molecular complexity index is 467. The summed E-state index contributed by atoms with van der Waals surface area (Å²) >= 11 is 3.31. The van der Waals surface area contributed by atoms with Crippen LogP contribution in [0.1, 0.15) is 34.3 Å². The zero-order chi connectivity index (χ0) is 11.9. The van der Waals surface area contributed by atoms with Crippen LogP contribution in [0.25, 0.3) is 0 Å². The van der Waals surface area contributed by atoms with Crippen LogP contribution in [0.15, 0.2) is 18.2 Å². The Morgan fingerprint density at radius 3 is 2.88 bits per heavy atom. The van der Waals surface area contributed by atoms with E-state index in [1.54, 1.807) is 25.1 Å². The van der Waals surface area contributed by atoms with Crippen molar-refractivity contribution in [1.29, 1.82) is 0 Å². The SMILES string of the molecule is CC(C(=O)O)c1cccc2c1CC(Br)C2=O. The molecule has 0 radical (unpaired) electrons. The lowest BCUT2D eigenvalue weighted by molar-refractivity contribution is -0.138. The monoisotopic (exact) mass is 282 g/mol. The Hall–Kier alpha value is -1.16. The molecule has 2 rings (SSSR count). The first-order valence-electron chi connectivity index (χ1n) is 5.05. The van der Waals surface area contributed by atoms with Crippen molar-refractivity contribution in [2.45, 2.75) is 24.1 Å². The van der Waals surface area contributed by atoms with Crippen LogP contribution in [-0.4, -0.2) is 21.7 Å². The van der Waals surface area contributed by atoms with E-state index in [0.29, 0.717) is 12.0 Å². The Morgan fingerprint density at radius 1 is 1.56 bits per heavy atom. The van der Waals surface area contributed by atoms with Crippen molar-refractivity contribution >= 4 is 27.7 Å². The first kappa shape index (κ1) is 11.3. The normalized spacial score (nSPS) is 20.6. The molecule has 16 heavy (non-hydrogen) atoms. The summed E-state index contributed by atoms with van der Waals surface area (Å²) in [5, 5.41) is 9.00. The van der Waals surface area contributed by atoms with Crippen LogP contribution in [0.4, 0.5) is 0 Å². The number of aliphatic carboxylic acids is 1. The number of fused-ring (bicyclic) bond motifs is 1. The van der Waals surface area contributed by atoms with Gasteiger partial charge in [0.05, 0.1) is 10.7 Å². The van der Waals surface area contributed by atoms with E-state index in [4.69, 9.17) is 5.11 Å². The third kappa shape index (κ3) is 1.67. The summed E-state index contributed by atoms with van der Waals surface area (Å²) in [5.74, 6) is -1.38. The molecular weight excluding hydrogens is 272 g/mol. The summed E-state index contributed by atoms with van der Waals surface area (Å²) in [7, 11) is 0. The molecule has 0 amide bonds. The Morgan fingerprint density at radius 2 is 2.25 bits per heavy atom. The quantitative estimate of drug-likeness (QED) is 0.848. The predicted octanol–water partition coefficient (Wildman–Crippen LogP) is 2.38. The van der Waals surface area contributed by atoms with Gasteiger partial charge in [0.25, 0.3) is 0 Å². The number of ketones is 1. The molecule has 3 nitrogen and oxygen atoms in total. The largest absolute Gasteiger partial charge is 0.481 e. The van der Waals surface area contributed by atoms with Gasteiger partial charge < -0.3 is 5.11 Å². The molecule has 0 aromatic heterocycles. The van der Waals surface area contributed by atoms with E-state index in [2.05, 4.69) is 15.9 Å². The number of carboxylic acids is 1. The van der Waals surface area contributed by atoms with Gasteiger partial charge in [-0.15, -0.1) is 0 Å². The average Bonchev–Trinajstić information content (AvgIpc) is 2.54. The topological polar surface area (TPSA) is 54.4 Å². The van der Waals surface area contributed by atoms with Crippen molar-refractivity contribution in [2.24, 2.45) is 0 Å². The highest BCUT2D eigenvalue weighted by atomic mass is 79.9. The second kappa shape index (κ2) is 4.01. The number of Topliss-reactive ketones (excluding diaryl/α,β-unsaturated/α-hetero) is 1. The molecule has 0 heterocycles. The molecule has 0 fully saturated rings. The van der Waals surface area contributed by atoms with Crippen LogP contribution in [0.5, 0.6) is 0 Å². The van der Waals surface area contributed by atoms with Crippen LogP contribution in [-0.2, 0) is 11.2 Å². The van der Waals surface area contributed by atoms with Crippen molar-refractivity contribution in [1.82, 2.24) is 0 Å². The maximum atomic E-state index is 11.7. The van der Waals surface area contributed by atoms with E-state index in [0.717, 1.165) is 11.1 Å². The zero-order valence-electron chi connectivity index (χ0n) is 8.74. The number of hydrogen-bond acceptors (Lipinski definition) is 2. The van der Waals surface area contributed by atoms with Crippen molar-refractivity contribution in [3.05, 3.63) is 34.9 Å².